The molecule has 10 nitrogen and oxygen atoms in total. The van der Waals surface area contributed by atoms with Crippen molar-refractivity contribution in [2.45, 2.75) is 25.4 Å². The first kappa shape index (κ1) is 21.3. The van der Waals surface area contributed by atoms with Crippen LogP contribution in [0.4, 0.5) is 11.4 Å². The van der Waals surface area contributed by atoms with Crippen molar-refractivity contribution in [3.05, 3.63) is 48.0 Å². The third kappa shape index (κ3) is 3.64. The molecule has 4 rings (SSSR count). The minimum atomic E-state index is -0.994. The second-order valence-electron chi connectivity index (χ2n) is 7.30. The van der Waals surface area contributed by atoms with Crippen molar-refractivity contribution in [3.8, 4) is 11.5 Å². The number of aryl methyl sites for hydroxylation is 1. The standard InChI is InChI=1S/C22H23N5O5/c1-4-13-7-5-6-8-15(13)23-18(28)12-26-20-19(24-25-26)21(29)27(22(20)30)14-9-10-16(31-2)17(11-14)32-3/h5-11,19-20H,4,12H2,1-3H3,(H,23,28)/t19-,20-/m1/s1. The Morgan fingerprint density at radius 1 is 1.06 bits per heavy atom. The number of carbonyl (C=O) groups excluding carboxylic acids is 3. The lowest BCUT2D eigenvalue weighted by atomic mass is 10.1. The number of methoxy groups -OCH3 is 2. The van der Waals surface area contributed by atoms with Gasteiger partial charge < -0.3 is 14.8 Å². The number of amides is 3. The summed E-state index contributed by atoms with van der Waals surface area (Å²) in [7, 11) is 2.96. The van der Waals surface area contributed by atoms with E-state index in [1.807, 2.05) is 31.2 Å². The van der Waals surface area contributed by atoms with E-state index < -0.39 is 23.9 Å². The molecule has 0 spiro atoms. The Labute approximate surface area is 184 Å². The summed E-state index contributed by atoms with van der Waals surface area (Å²) in [4.78, 5) is 39.7. The number of carbonyl (C=O) groups is 3. The zero-order valence-electron chi connectivity index (χ0n) is 17.9. The number of imide groups is 1. The van der Waals surface area contributed by atoms with Crippen LogP contribution in [0, 0.1) is 0 Å². The number of rotatable bonds is 7. The van der Waals surface area contributed by atoms with Crippen LogP contribution < -0.4 is 19.7 Å². The molecule has 3 amide bonds. The van der Waals surface area contributed by atoms with E-state index in [0.717, 1.165) is 16.9 Å². The Morgan fingerprint density at radius 2 is 1.81 bits per heavy atom. The van der Waals surface area contributed by atoms with E-state index in [9.17, 15) is 14.4 Å². The average molecular weight is 437 g/mol. The summed E-state index contributed by atoms with van der Waals surface area (Å²) in [5.74, 6) is -0.500. The Balaban J connectivity index is 1.51. The second kappa shape index (κ2) is 8.66. The SMILES string of the molecule is CCc1ccccc1NC(=O)CN1N=N[C@H]2C(=O)N(c3ccc(OC)c(OC)c3)C(=O)[C@@H]21. The van der Waals surface area contributed by atoms with Gasteiger partial charge in [-0.25, -0.2) is 4.90 Å². The van der Waals surface area contributed by atoms with Gasteiger partial charge in [0.15, 0.2) is 23.6 Å². The highest BCUT2D eigenvalue weighted by Gasteiger charge is 2.55. The molecular weight excluding hydrogens is 414 g/mol. The van der Waals surface area contributed by atoms with Gasteiger partial charge >= 0.3 is 0 Å². The molecule has 1 fully saturated rings. The van der Waals surface area contributed by atoms with Gasteiger partial charge in [-0.3, -0.25) is 19.4 Å². The fourth-order valence-corrected chi connectivity index (χ4v) is 3.86. The number of nitrogens with zero attached hydrogens (tertiary/aromatic N) is 4. The predicted molar refractivity (Wildman–Crippen MR) is 116 cm³/mol. The van der Waals surface area contributed by atoms with E-state index in [0.29, 0.717) is 22.9 Å². The monoisotopic (exact) mass is 437 g/mol. The van der Waals surface area contributed by atoms with Crippen molar-refractivity contribution in [1.29, 1.82) is 0 Å². The quantitative estimate of drug-likeness (QED) is 0.665. The molecule has 166 valence electrons. The largest absolute Gasteiger partial charge is 0.493 e. The third-order valence-corrected chi connectivity index (χ3v) is 5.46. The number of hydrogen-bond acceptors (Lipinski definition) is 8. The van der Waals surface area contributed by atoms with Crippen LogP contribution in [-0.4, -0.2) is 55.6 Å². The summed E-state index contributed by atoms with van der Waals surface area (Å²) < 4.78 is 10.5. The van der Waals surface area contributed by atoms with Gasteiger partial charge in [0.1, 0.15) is 6.54 Å². The molecule has 2 heterocycles. The van der Waals surface area contributed by atoms with Crippen molar-refractivity contribution >= 4 is 29.1 Å². The number of hydrogen-bond donors (Lipinski definition) is 1. The first-order chi connectivity index (χ1) is 15.5. The number of ether oxygens (including phenoxy) is 2. The van der Waals surface area contributed by atoms with E-state index in [1.165, 1.54) is 19.2 Å². The summed E-state index contributed by atoms with van der Waals surface area (Å²) in [6, 6.07) is 10.3. The molecule has 2 atom stereocenters. The summed E-state index contributed by atoms with van der Waals surface area (Å²) >= 11 is 0. The molecule has 10 heteroatoms. The molecule has 0 bridgehead atoms. The fourth-order valence-electron chi connectivity index (χ4n) is 3.86. The van der Waals surface area contributed by atoms with Gasteiger partial charge in [0, 0.05) is 11.8 Å². The highest BCUT2D eigenvalue weighted by molar-refractivity contribution is 6.25. The number of fused-ring (bicyclic) bond motifs is 1. The van der Waals surface area contributed by atoms with Gasteiger partial charge in [0.05, 0.1) is 19.9 Å². The van der Waals surface area contributed by atoms with E-state index in [1.54, 1.807) is 18.2 Å². The van der Waals surface area contributed by atoms with Crippen LogP contribution in [0.2, 0.25) is 0 Å². The van der Waals surface area contributed by atoms with Gasteiger partial charge in [-0.05, 0) is 30.2 Å². The molecule has 0 radical (unpaired) electrons. The molecule has 0 saturated carbocycles. The molecular formula is C22H23N5O5. The summed E-state index contributed by atoms with van der Waals surface area (Å²) in [6.45, 7) is 1.79. The maximum atomic E-state index is 13.1. The van der Waals surface area contributed by atoms with Gasteiger partial charge in [0.2, 0.25) is 5.91 Å². The summed E-state index contributed by atoms with van der Waals surface area (Å²) in [6.07, 6.45) is 0.762. The smallest absolute Gasteiger partial charge is 0.263 e. The van der Waals surface area contributed by atoms with Crippen LogP contribution in [0.5, 0.6) is 11.5 Å². The molecule has 2 aliphatic heterocycles. The summed E-state index contributed by atoms with van der Waals surface area (Å²) in [5.41, 5.74) is 2.03. The zero-order valence-corrected chi connectivity index (χ0v) is 17.9. The van der Waals surface area contributed by atoms with Crippen molar-refractivity contribution < 1.29 is 23.9 Å². The number of para-hydroxylation sites is 1. The van der Waals surface area contributed by atoms with Crippen LogP contribution >= 0.6 is 0 Å². The Kier molecular flexibility index (Phi) is 5.76. The molecule has 0 unspecified atom stereocenters. The Bertz CT molecular complexity index is 1100. The van der Waals surface area contributed by atoms with Crippen molar-refractivity contribution in [2.75, 3.05) is 31.0 Å². The van der Waals surface area contributed by atoms with Gasteiger partial charge in [-0.1, -0.05) is 30.3 Å². The van der Waals surface area contributed by atoms with E-state index in [4.69, 9.17) is 9.47 Å². The lowest BCUT2D eigenvalue weighted by molar-refractivity contribution is -0.123. The molecule has 2 aliphatic rings. The van der Waals surface area contributed by atoms with Crippen molar-refractivity contribution in [1.82, 2.24) is 5.01 Å². The third-order valence-electron chi connectivity index (χ3n) is 5.46. The molecule has 32 heavy (non-hydrogen) atoms. The van der Waals surface area contributed by atoms with Crippen LogP contribution in [0.15, 0.2) is 52.8 Å². The fraction of sp³-hybridized carbons (Fsp3) is 0.318. The number of nitrogens with one attached hydrogen (secondary N) is 1. The molecule has 0 aliphatic carbocycles. The van der Waals surface area contributed by atoms with Crippen molar-refractivity contribution in [3.63, 3.8) is 0 Å². The van der Waals surface area contributed by atoms with Crippen LogP contribution in [-0.2, 0) is 20.8 Å². The van der Waals surface area contributed by atoms with Crippen LogP contribution in [0.1, 0.15) is 12.5 Å². The lowest BCUT2D eigenvalue weighted by Crippen LogP contribution is -2.43. The van der Waals surface area contributed by atoms with E-state index in [2.05, 4.69) is 15.7 Å². The van der Waals surface area contributed by atoms with Crippen molar-refractivity contribution in [2.24, 2.45) is 10.3 Å². The van der Waals surface area contributed by atoms with Crippen LogP contribution in [0.3, 0.4) is 0 Å². The highest BCUT2D eigenvalue weighted by atomic mass is 16.5. The normalized spacial score (nSPS) is 19.3. The number of benzene rings is 2. The highest BCUT2D eigenvalue weighted by Crippen LogP contribution is 2.36. The molecule has 1 saturated heterocycles. The zero-order chi connectivity index (χ0) is 22.8. The van der Waals surface area contributed by atoms with Gasteiger partial charge in [0.25, 0.3) is 11.8 Å². The van der Waals surface area contributed by atoms with E-state index in [-0.39, 0.29) is 12.5 Å². The Hall–Kier alpha value is -3.95. The minimum Gasteiger partial charge on any atom is -0.493 e. The molecule has 2 aromatic carbocycles. The second-order valence-corrected chi connectivity index (χ2v) is 7.30. The summed E-state index contributed by atoms with van der Waals surface area (Å²) in [5, 5.41) is 12.0. The topological polar surface area (TPSA) is 113 Å². The van der Waals surface area contributed by atoms with Crippen LogP contribution in [0.25, 0.3) is 0 Å². The maximum absolute atomic E-state index is 13.1. The molecule has 2 aromatic rings. The molecule has 1 N–H and O–H groups in total. The lowest BCUT2D eigenvalue weighted by Gasteiger charge is -2.21. The average Bonchev–Trinajstić information content (AvgIpc) is 3.32. The Morgan fingerprint density at radius 3 is 2.53 bits per heavy atom. The first-order valence-corrected chi connectivity index (χ1v) is 10.1. The minimum absolute atomic E-state index is 0.207. The molecule has 0 aromatic heterocycles. The van der Waals surface area contributed by atoms with E-state index >= 15 is 0 Å². The van der Waals surface area contributed by atoms with Gasteiger partial charge in [-0.15, -0.1) is 0 Å². The predicted octanol–water partition coefficient (Wildman–Crippen LogP) is 2.20. The first-order valence-electron chi connectivity index (χ1n) is 10.1. The number of anilines is 2. The maximum Gasteiger partial charge on any atom is 0.263 e. The van der Waals surface area contributed by atoms with Gasteiger partial charge in [-0.2, -0.15) is 5.11 Å².